The smallest absolute Gasteiger partial charge is 0.150 e. The highest BCUT2D eigenvalue weighted by atomic mass is 16.5. The monoisotopic (exact) mass is 223 g/mol. The molecule has 0 saturated carbocycles. The molecule has 1 aliphatic heterocycles. The second kappa shape index (κ2) is 4.97. The fourth-order valence-corrected chi connectivity index (χ4v) is 2.35. The number of nitrogens with two attached hydrogens (primary N) is 1. The van der Waals surface area contributed by atoms with Crippen molar-refractivity contribution in [3.63, 3.8) is 0 Å². The van der Waals surface area contributed by atoms with Crippen LogP contribution in [0.1, 0.15) is 31.2 Å². The fourth-order valence-electron chi connectivity index (χ4n) is 2.35. The minimum atomic E-state index is 0.328. The van der Waals surface area contributed by atoms with E-state index in [2.05, 4.69) is 17.0 Å². The lowest BCUT2D eigenvalue weighted by Gasteiger charge is -2.32. The van der Waals surface area contributed by atoms with Crippen molar-refractivity contribution in [2.24, 2.45) is 11.7 Å². The van der Waals surface area contributed by atoms with E-state index in [1.54, 1.807) is 0 Å². The van der Waals surface area contributed by atoms with Crippen LogP contribution >= 0.6 is 0 Å². The molecule has 0 amide bonds. The van der Waals surface area contributed by atoms with E-state index in [0.29, 0.717) is 12.0 Å². The SMILES string of the molecule is Cc1cc(CN2CCC(C(C)N)CC2)on1. The topological polar surface area (TPSA) is 55.3 Å². The maximum atomic E-state index is 5.92. The second-order valence-corrected chi connectivity index (χ2v) is 4.91. The Kier molecular flexibility index (Phi) is 3.61. The standard InChI is InChI=1S/C12H21N3O/c1-9-7-12(16-14-9)8-15-5-3-11(4-6-15)10(2)13/h7,10-11H,3-6,8,13H2,1-2H3. The van der Waals surface area contributed by atoms with Gasteiger partial charge in [-0.05, 0) is 45.7 Å². The van der Waals surface area contributed by atoms with Gasteiger partial charge >= 0.3 is 0 Å². The van der Waals surface area contributed by atoms with Crippen molar-refractivity contribution in [3.8, 4) is 0 Å². The lowest BCUT2D eigenvalue weighted by Crippen LogP contribution is -2.39. The molecule has 1 aromatic heterocycles. The number of hydrogen-bond acceptors (Lipinski definition) is 4. The molecular formula is C12H21N3O. The average Bonchev–Trinajstić information content (AvgIpc) is 2.65. The molecule has 2 N–H and O–H groups in total. The van der Waals surface area contributed by atoms with Gasteiger partial charge in [0.1, 0.15) is 0 Å². The van der Waals surface area contributed by atoms with Crippen molar-refractivity contribution in [2.75, 3.05) is 13.1 Å². The molecule has 2 heterocycles. The number of aromatic nitrogens is 1. The molecule has 1 unspecified atom stereocenters. The number of rotatable bonds is 3. The summed E-state index contributed by atoms with van der Waals surface area (Å²) in [4.78, 5) is 2.42. The van der Waals surface area contributed by atoms with Gasteiger partial charge < -0.3 is 10.3 Å². The van der Waals surface area contributed by atoms with Crippen molar-refractivity contribution in [2.45, 2.75) is 39.3 Å². The molecule has 4 heteroatoms. The Morgan fingerprint density at radius 1 is 1.56 bits per heavy atom. The van der Waals surface area contributed by atoms with Crippen molar-refractivity contribution < 1.29 is 4.52 Å². The Bertz CT molecular complexity index is 327. The van der Waals surface area contributed by atoms with E-state index in [4.69, 9.17) is 10.3 Å². The third kappa shape index (κ3) is 2.83. The zero-order valence-electron chi connectivity index (χ0n) is 10.1. The molecule has 0 aromatic carbocycles. The Labute approximate surface area is 96.8 Å². The Morgan fingerprint density at radius 3 is 2.75 bits per heavy atom. The molecule has 1 atom stereocenters. The molecule has 1 fully saturated rings. The molecule has 1 saturated heterocycles. The number of piperidine rings is 1. The lowest BCUT2D eigenvalue weighted by atomic mass is 9.91. The van der Waals surface area contributed by atoms with E-state index in [1.807, 2.05) is 13.0 Å². The van der Waals surface area contributed by atoms with Crippen LogP contribution in [0.3, 0.4) is 0 Å². The third-order valence-corrected chi connectivity index (χ3v) is 3.43. The molecule has 1 aromatic rings. The predicted octanol–water partition coefficient (Wildman–Crippen LogP) is 1.54. The number of nitrogens with zero attached hydrogens (tertiary/aromatic N) is 2. The van der Waals surface area contributed by atoms with Crippen LogP contribution in [0.2, 0.25) is 0 Å². The Morgan fingerprint density at radius 2 is 2.25 bits per heavy atom. The van der Waals surface area contributed by atoms with Crippen LogP contribution in [0.4, 0.5) is 0 Å². The summed E-state index contributed by atoms with van der Waals surface area (Å²) in [7, 11) is 0. The van der Waals surface area contributed by atoms with E-state index in [9.17, 15) is 0 Å². The first-order chi connectivity index (χ1) is 7.65. The summed E-state index contributed by atoms with van der Waals surface area (Å²) in [5.74, 6) is 1.66. The van der Waals surface area contributed by atoms with Crippen LogP contribution in [0.15, 0.2) is 10.6 Å². The minimum absolute atomic E-state index is 0.328. The molecular weight excluding hydrogens is 202 g/mol. The average molecular weight is 223 g/mol. The van der Waals surface area contributed by atoms with Gasteiger partial charge in [0.2, 0.25) is 0 Å². The minimum Gasteiger partial charge on any atom is -0.360 e. The van der Waals surface area contributed by atoms with Gasteiger partial charge in [-0.3, -0.25) is 4.90 Å². The van der Waals surface area contributed by atoms with Gasteiger partial charge in [0.25, 0.3) is 0 Å². The Balaban J connectivity index is 1.81. The van der Waals surface area contributed by atoms with Crippen LogP contribution in [-0.2, 0) is 6.54 Å². The molecule has 0 bridgehead atoms. The maximum Gasteiger partial charge on any atom is 0.150 e. The number of aryl methyl sites for hydroxylation is 1. The normalized spacial score (nSPS) is 21.2. The summed E-state index contributed by atoms with van der Waals surface area (Å²) in [5.41, 5.74) is 6.88. The molecule has 2 rings (SSSR count). The van der Waals surface area contributed by atoms with E-state index in [-0.39, 0.29) is 0 Å². The number of hydrogen-bond donors (Lipinski definition) is 1. The zero-order chi connectivity index (χ0) is 11.5. The lowest BCUT2D eigenvalue weighted by molar-refractivity contribution is 0.152. The molecule has 1 aliphatic rings. The second-order valence-electron chi connectivity index (χ2n) is 4.91. The summed E-state index contributed by atoms with van der Waals surface area (Å²) < 4.78 is 5.22. The van der Waals surface area contributed by atoms with Crippen LogP contribution in [0.25, 0.3) is 0 Å². The summed E-state index contributed by atoms with van der Waals surface area (Å²) in [6.45, 7) is 7.18. The third-order valence-electron chi connectivity index (χ3n) is 3.43. The van der Waals surface area contributed by atoms with E-state index in [0.717, 1.165) is 31.1 Å². The highest BCUT2D eigenvalue weighted by Gasteiger charge is 2.22. The van der Waals surface area contributed by atoms with Crippen molar-refractivity contribution in [1.82, 2.24) is 10.1 Å². The van der Waals surface area contributed by atoms with E-state index in [1.165, 1.54) is 12.8 Å². The molecule has 16 heavy (non-hydrogen) atoms. The molecule has 0 aliphatic carbocycles. The molecule has 90 valence electrons. The maximum absolute atomic E-state index is 5.92. The molecule has 0 radical (unpaired) electrons. The summed E-state index contributed by atoms with van der Waals surface area (Å²) >= 11 is 0. The Hall–Kier alpha value is -0.870. The van der Waals surface area contributed by atoms with Crippen LogP contribution < -0.4 is 5.73 Å². The number of likely N-dealkylation sites (tertiary alicyclic amines) is 1. The molecule has 4 nitrogen and oxygen atoms in total. The van der Waals surface area contributed by atoms with Gasteiger partial charge in [0.15, 0.2) is 5.76 Å². The van der Waals surface area contributed by atoms with Crippen LogP contribution in [-0.4, -0.2) is 29.2 Å². The summed E-state index contributed by atoms with van der Waals surface area (Å²) in [6, 6.07) is 2.34. The van der Waals surface area contributed by atoms with Crippen molar-refractivity contribution >= 4 is 0 Å². The first kappa shape index (κ1) is 11.6. The molecule has 0 spiro atoms. The van der Waals surface area contributed by atoms with Gasteiger partial charge in [0, 0.05) is 12.1 Å². The highest BCUT2D eigenvalue weighted by Crippen LogP contribution is 2.21. The predicted molar refractivity (Wildman–Crippen MR) is 62.9 cm³/mol. The quantitative estimate of drug-likeness (QED) is 0.844. The fraction of sp³-hybridized carbons (Fsp3) is 0.750. The van der Waals surface area contributed by atoms with Crippen LogP contribution in [0.5, 0.6) is 0 Å². The van der Waals surface area contributed by atoms with E-state index < -0.39 is 0 Å². The largest absolute Gasteiger partial charge is 0.360 e. The van der Waals surface area contributed by atoms with Gasteiger partial charge in [0.05, 0.1) is 12.2 Å². The van der Waals surface area contributed by atoms with Crippen molar-refractivity contribution in [3.05, 3.63) is 17.5 Å². The first-order valence-corrected chi connectivity index (χ1v) is 6.05. The van der Waals surface area contributed by atoms with Gasteiger partial charge in [-0.2, -0.15) is 0 Å². The van der Waals surface area contributed by atoms with Gasteiger partial charge in [-0.25, -0.2) is 0 Å². The van der Waals surface area contributed by atoms with Gasteiger partial charge in [-0.15, -0.1) is 0 Å². The highest BCUT2D eigenvalue weighted by molar-refractivity contribution is 5.03. The summed E-state index contributed by atoms with van der Waals surface area (Å²) in [5, 5.41) is 3.90. The van der Waals surface area contributed by atoms with E-state index >= 15 is 0 Å². The van der Waals surface area contributed by atoms with Crippen molar-refractivity contribution in [1.29, 1.82) is 0 Å². The zero-order valence-corrected chi connectivity index (χ0v) is 10.1. The summed E-state index contributed by atoms with van der Waals surface area (Å²) in [6.07, 6.45) is 2.40. The van der Waals surface area contributed by atoms with Gasteiger partial charge in [-0.1, -0.05) is 5.16 Å². The first-order valence-electron chi connectivity index (χ1n) is 6.05. The van der Waals surface area contributed by atoms with Crippen LogP contribution in [0, 0.1) is 12.8 Å².